The summed E-state index contributed by atoms with van der Waals surface area (Å²) in [7, 11) is 0. The predicted molar refractivity (Wildman–Crippen MR) is 127 cm³/mol. The largest absolute Gasteiger partial charge is 0.491 e. The van der Waals surface area contributed by atoms with Crippen molar-refractivity contribution in [1.82, 2.24) is 15.0 Å². The van der Waals surface area contributed by atoms with E-state index in [-0.39, 0.29) is 35.6 Å². The fraction of sp³-hybridized carbons (Fsp3) is 0.360. The van der Waals surface area contributed by atoms with Gasteiger partial charge < -0.3 is 4.74 Å². The summed E-state index contributed by atoms with van der Waals surface area (Å²) in [4.78, 5) is 35.4. The number of carbonyl (C=O) groups excluding carboxylic acids is 1. The van der Waals surface area contributed by atoms with E-state index in [9.17, 15) is 22.8 Å². The molecule has 0 saturated carbocycles. The lowest BCUT2D eigenvalue weighted by Crippen LogP contribution is -2.39. The van der Waals surface area contributed by atoms with Crippen LogP contribution in [0.4, 0.5) is 13.2 Å². The summed E-state index contributed by atoms with van der Waals surface area (Å²) in [5.41, 5.74) is -1.55. The number of Topliss-reactive ketones (excluding diaryl/α,β-unsaturated/α-hetero) is 1. The molecule has 0 aliphatic carbocycles. The number of rotatable bonds is 8. The Morgan fingerprint density at radius 2 is 1.74 bits per heavy atom. The molecular formula is C25H25ClF3N3O3. The molecule has 35 heavy (non-hydrogen) atoms. The number of benzene rings is 2. The number of ether oxygens (including phenoxy) is 1. The fourth-order valence-corrected chi connectivity index (χ4v) is 3.44. The Hall–Kier alpha value is -3.20. The average Bonchev–Trinajstić information content (AvgIpc) is 2.77. The molecule has 0 unspecified atom stereocenters. The molecule has 186 valence electrons. The number of nitrogens with one attached hydrogen (secondary N) is 1. The molecule has 10 heteroatoms. The van der Waals surface area contributed by atoms with Crippen molar-refractivity contribution in [3.63, 3.8) is 0 Å². The van der Waals surface area contributed by atoms with Crippen LogP contribution in [-0.4, -0.2) is 33.0 Å². The summed E-state index contributed by atoms with van der Waals surface area (Å²) < 4.78 is 45.1. The minimum atomic E-state index is -4.63. The third-order valence-electron chi connectivity index (χ3n) is 5.47. The summed E-state index contributed by atoms with van der Waals surface area (Å²) in [5.74, 6) is 0.0663. The molecule has 0 aliphatic rings. The minimum Gasteiger partial charge on any atom is -0.491 e. The number of nitrogens with zero attached hydrogens (tertiary/aromatic N) is 2. The van der Waals surface area contributed by atoms with Gasteiger partial charge in [0.2, 0.25) is 0 Å². The minimum absolute atomic E-state index is 0.00696. The van der Waals surface area contributed by atoms with E-state index in [0.717, 1.165) is 13.8 Å². The normalized spacial score (nSPS) is 12.1. The quantitative estimate of drug-likeness (QED) is 0.402. The van der Waals surface area contributed by atoms with Crippen molar-refractivity contribution in [3.8, 4) is 28.5 Å². The number of ketones is 1. The fourth-order valence-electron chi connectivity index (χ4n) is 3.23. The van der Waals surface area contributed by atoms with Crippen molar-refractivity contribution in [2.45, 2.75) is 52.8 Å². The first-order chi connectivity index (χ1) is 16.3. The highest BCUT2D eigenvalue weighted by Gasteiger charge is 2.51. The molecule has 3 aromatic rings. The van der Waals surface area contributed by atoms with Crippen LogP contribution in [0.2, 0.25) is 5.02 Å². The summed E-state index contributed by atoms with van der Waals surface area (Å²) >= 11 is 6.33. The van der Waals surface area contributed by atoms with E-state index in [1.807, 2.05) is 13.8 Å². The zero-order valence-corrected chi connectivity index (χ0v) is 20.4. The van der Waals surface area contributed by atoms with Crippen molar-refractivity contribution in [2.75, 3.05) is 0 Å². The Balaban J connectivity index is 1.88. The number of hydrogen-bond acceptors (Lipinski definition) is 5. The van der Waals surface area contributed by atoms with E-state index in [2.05, 4.69) is 15.0 Å². The number of alkyl halides is 3. The predicted octanol–water partition coefficient (Wildman–Crippen LogP) is 6.03. The van der Waals surface area contributed by atoms with Gasteiger partial charge >= 0.3 is 11.9 Å². The zero-order chi connectivity index (χ0) is 26.0. The second-order valence-corrected chi connectivity index (χ2v) is 9.28. The van der Waals surface area contributed by atoms with Gasteiger partial charge in [0.05, 0.1) is 11.1 Å². The number of halogens is 4. The van der Waals surface area contributed by atoms with E-state index in [1.165, 1.54) is 0 Å². The van der Waals surface area contributed by atoms with Gasteiger partial charge in [-0.1, -0.05) is 17.7 Å². The first-order valence-electron chi connectivity index (χ1n) is 10.9. The second kappa shape index (κ2) is 10.2. The second-order valence-electron chi connectivity index (χ2n) is 8.88. The van der Waals surface area contributed by atoms with Crippen molar-refractivity contribution < 1.29 is 22.7 Å². The average molecular weight is 508 g/mol. The molecule has 1 aromatic heterocycles. The molecule has 0 amide bonds. The summed E-state index contributed by atoms with van der Waals surface area (Å²) in [6.07, 6.45) is -4.86. The van der Waals surface area contributed by atoms with Crippen molar-refractivity contribution in [2.24, 2.45) is 5.41 Å². The van der Waals surface area contributed by atoms with E-state index in [1.54, 1.807) is 42.5 Å². The SMILES string of the molecule is CC(C)Oc1ccc(-c2nc(-c3cc(CCC(=O)C(C)(C)C(F)(F)F)ccc3Cl)[nH]c(=O)n2)cc1. The van der Waals surface area contributed by atoms with Crippen LogP contribution < -0.4 is 10.4 Å². The van der Waals surface area contributed by atoms with Crippen molar-refractivity contribution >= 4 is 17.4 Å². The molecule has 0 aliphatic heterocycles. The monoisotopic (exact) mass is 507 g/mol. The van der Waals surface area contributed by atoms with Crippen LogP contribution in [0, 0.1) is 5.41 Å². The molecule has 0 atom stereocenters. The van der Waals surface area contributed by atoms with Gasteiger partial charge in [-0.05, 0) is 76.1 Å². The topological polar surface area (TPSA) is 84.9 Å². The highest BCUT2D eigenvalue weighted by Crippen LogP contribution is 2.39. The van der Waals surface area contributed by atoms with Gasteiger partial charge in [0.1, 0.15) is 22.8 Å². The van der Waals surface area contributed by atoms with E-state index in [4.69, 9.17) is 16.3 Å². The molecule has 1 N–H and O–H groups in total. The van der Waals surface area contributed by atoms with Gasteiger partial charge in [-0.3, -0.25) is 9.78 Å². The van der Waals surface area contributed by atoms with E-state index < -0.39 is 23.1 Å². The zero-order valence-electron chi connectivity index (χ0n) is 19.7. The number of aryl methyl sites for hydroxylation is 1. The molecule has 0 saturated heterocycles. The Bertz CT molecular complexity index is 1270. The number of carbonyl (C=O) groups is 1. The number of aromatic amines is 1. The number of hydrogen-bond donors (Lipinski definition) is 1. The maximum atomic E-state index is 13.1. The van der Waals surface area contributed by atoms with Crippen LogP contribution >= 0.6 is 11.6 Å². The van der Waals surface area contributed by atoms with Crippen LogP contribution in [0.3, 0.4) is 0 Å². The van der Waals surface area contributed by atoms with Crippen LogP contribution in [0.25, 0.3) is 22.8 Å². The van der Waals surface area contributed by atoms with Gasteiger partial charge in [-0.15, -0.1) is 0 Å². The Labute approximate surface area is 205 Å². The Morgan fingerprint density at radius 3 is 2.34 bits per heavy atom. The molecule has 1 heterocycles. The lowest BCUT2D eigenvalue weighted by atomic mass is 9.84. The third kappa shape index (κ3) is 6.28. The van der Waals surface area contributed by atoms with E-state index >= 15 is 0 Å². The van der Waals surface area contributed by atoms with Crippen LogP contribution in [0.5, 0.6) is 5.75 Å². The number of aromatic nitrogens is 3. The van der Waals surface area contributed by atoms with Crippen LogP contribution in [-0.2, 0) is 11.2 Å². The Kier molecular flexibility index (Phi) is 7.69. The lowest BCUT2D eigenvalue weighted by Gasteiger charge is -2.26. The maximum Gasteiger partial charge on any atom is 0.400 e. The summed E-state index contributed by atoms with van der Waals surface area (Å²) in [6.45, 7) is 5.56. The van der Waals surface area contributed by atoms with Gasteiger partial charge in [0.25, 0.3) is 0 Å². The van der Waals surface area contributed by atoms with Crippen molar-refractivity contribution in [1.29, 1.82) is 0 Å². The van der Waals surface area contributed by atoms with Crippen molar-refractivity contribution in [3.05, 3.63) is 63.5 Å². The summed E-state index contributed by atoms with van der Waals surface area (Å²) in [5, 5.41) is 0.275. The molecule has 3 rings (SSSR count). The number of H-pyrrole nitrogens is 1. The molecular weight excluding hydrogens is 483 g/mol. The maximum absolute atomic E-state index is 13.1. The Morgan fingerprint density at radius 1 is 1.09 bits per heavy atom. The first kappa shape index (κ1) is 26.4. The lowest BCUT2D eigenvalue weighted by molar-refractivity contribution is -0.210. The van der Waals surface area contributed by atoms with Crippen LogP contribution in [0.1, 0.15) is 39.7 Å². The molecule has 2 aromatic carbocycles. The van der Waals surface area contributed by atoms with Gasteiger partial charge in [0.15, 0.2) is 5.82 Å². The highest BCUT2D eigenvalue weighted by atomic mass is 35.5. The smallest absolute Gasteiger partial charge is 0.400 e. The molecule has 0 bridgehead atoms. The van der Waals surface area contributed by atoms with Gasteiger partial charge in [-0.25, -0.2) is 9.78 Å². The molecule has 6 nitrogen and oxygen atoms in total. The van der Waals surface area contributed by atoms with E-state index in [0.29, 0.717) is 22.4 Å². The standard InChI is InChI=1S/C25H25ClF3N3O3/c1-14(2)35-17-9-7-16(8-10-17)21-30-22(32-23(34)31-21)18-13-15(5-11-19(18)26)6-12-20(33)24(3,4)25(27,28)29/h5,7-11,13-14H,6,12H2,1-4H3,(H,30,31,32,34). The molecule has 0 radical (unpaired) electrons. The highest BCUT2D eigenvalue weighted by molar-refractivity contribution is 6.33. The molecule has 0 fully saturated rings. The van der Waals surface area contributed by atoms with Gasteiger partial charge in [0, 0.05) is 17.5 Å². The third-order valence-corrected chi connectivity index (χ3v) is 5.80. The van der Waals surface area contributed by atoms with Gasteiger partial charge in [-0.2, -0.15) is 18.2 Å². The summed E-state index contributed by atoms with van der Waals surface area (Å²) in [6, 6.07) is 11.7. The first-order valence-corrected chi connectivity index (χ1v) is 11.3. The van der Waals surface area contributed by atoms with Crippen LogP contribution in [0.15, 0.2) is 47.3 Å². The molecule has 0 spiro atoms.